The number of halogens is 1. The molecule has 0 aromatic heterocycles. The minimum Gasteiger partial charge on any atom is -0.495 e. The molecule has 2 aromatic rings. The molecule has 96 valence electrons. The summed E-state index contributed by atoms with van der Waals surface area (Å²) in [6, 6.07) is 15.9. The maximum Gasteiger partial charge on any atom is 0.136 e. The highest BCUT2D eigenvalue weighted by atomic mass is 127. The second-order valence-corrected chi connectivity index (χ2v) is 5.25. The molecule has 0 bridgehead atoms. The summed E-state index contributed by atoms with van der Waals surface area (Å²) in [5.74, 6) is 0.612. The van der Waals surface area contributed by atoms with Gasteiger partial charge in [-0.1, -0.05) is 6.07 Å². The van der Waals surface area contributed by atoms with Crippen LogP contribution in [0.4, 0.5) is 5.69 Å². The first-order valence-electron chi connectivity index (χ1n) is 5.79. The molecule has 0 spiro atoms. The van der Waals surface area contributed by atoms with Gasteiger partial charge >= 0.3 is 0 Å². The number of nitrogens with one attached hydrogen (secondary N) is 1. The summed E-state index contributed by atoms with van der Waals surface area (Å²) < 4.78 is 6.33. The molecule has 0 saturated heterocycles. The predicted octanol–water partition coefficient (Wildman–Crippen LogP) is 3.78. The molecule has 0 radical (unpaired) electrons. The fraction of sp³-hybridized carbons (Fsp3) is 0.133. The van der Waals surface area contributed by atoms with E-state index in [0.717, 1.165) is 11.3 Å². The lowest BCUT2D eigenvalue weighted by Gasteiger charge is -2.08. The van der Waals surface area contributed by atoms with Gasteiger partial charge < -0.3 is 10.1 Å². The van der Waals surface area contributed by atoms with Crippen molar-refractivity contribution in [3.8, 4) is 11.8 Å². The van der Waals surface area contributed by atoms with Crippen LogP contribution in [0, 0.1) is 14.9 Å². The highest BCUT2D eigenvalue weighted by molar-refractivity contribution is 14.1. The number of nitrogens with zero attached hydrogens (tertiary/aromatic N) is 1. The summed E-state index contributed by atoms with van der Waals surface area (Å²) in [5, 5.41) is 12.4. The van der Waals surface area contributed by atoms with E-state index >= 15 is 0 Å². The zero-order valence-electron chi connectivity index (χ0n) is 10.5. The van der Waals surface area contributed by atoms with E-state index in [1.54, 1.807) is 7.11 Å². The van der Waals surface area contributed by atoms with Crippen molar-refractivity contribution < 1.29 is 4.74 Å². The van der Waals surface area contributed by atoms with Gasteiger partial charge in [0.05, 0.1) is 12.7 Å². The normalized spacial score (nSPS) is 9.74. The van der Waals surface area contributed by atoms with E-state index in [-0.39, 0.29) is 0 Å². The number of hydrogen-bond acceptors (Lipinski definition) is 3. The van der Waals surface area contributed by atoms with Gasteiger partial charge in [-0.15, -0.1) is 0 Å². The third kappa shape index (κ3) is 3.61. The molecule has 0 unspecified atom stereocenters. The summed E-state index contributed by atoms with van der Waals surface area (Å²) in [4.78, 5) is 0. The molecule has 0 heterocycles. The Morgan fingerprint density at radius 2 is 1.95 bits per heavy atom. The predicted molar refractivity (Wildman–Crippen MR) is 84.2 cm³/mol. The Balaban J connectivity index is 2.08. The molecule has 1 N–H and O–H groups in total. The number of nitriles is 1. The van der Waals surface area contributed by atoms with Crippen molar-refractivity contribution in [3.05, 3.63) is 57.2 Å². The maximum atomic E-state index is 9.04. The van der Waals surface area contributed by atoms with Crippen LogP contribution in [0.3, 0.4) is 0 Å². The summed E-state index contributed by atoms with van der Waals surface area (Å²) in [6.07, 6.45) is 0. The number of benzene rings is 2. The minimum absolute atomic E-state index is 0.560. The Morgan fingerprint density at radius 1 is 1.21 bits per heavy atom. The van der Waals surface area contributed by atoms with E-state index in [4.69, 9.17) is 10.00 Å². The monoisotopic (exact) mass is 364 g/mol. The molecule has 2 rings (SSSR count). The molecular weight excluding hydrogens is 351 g/mol. The quantitative estimate of drug-likeness (QED) is 0.840. The number of anilines is 1. The molecule has 0 atom stereocenters. The Labute approximate surface area is 126 Å². The van der Waals surface area contributed by atoms with Gasteiger partial charge in [0.25, 0.3) is 0 Å². The summed E-state index contributed by atoms with van der Waals surface area (Å²) >= 11 is 2.28. The number of rotatable bonds is 4. The van der Waals surface area contributed by atoms with Gasteiger partial charge in [-0.25, -0.2) is 0 Å². The second kappa shape index (κ2) is 6.43. The fourth-order valence-electron chi connectivity index (χ4n) is 1.72. The van der Waals surface area contributed by atoms with Crippen LogP contribution in [0.15, 0.2) is 42.5 Å². The van der Waals surface area contributed by atoms with Gasteiger partial charge in [0.2, 0.25) is 0 Å². The third-order valence-electron chi connectivity index (χ3n) is 2.73. The van der Waals surface area contributed by atoms with Crippen molar-refractivity contribution in [2.45, 2.75) is 6.54 Å². The second-order valence-electron chi connectivity index (χ2n) is 4.01. The van der Waals surface area contributed by atoms with Crippen molar-refractivity contribution in [1.29, 1.82) is 5.26 Å². The molecule has 0 amide bonds. The smallest absolute Gasteiger partial charge is 0.136 e. The first-order valence-corrected chi connectivity index (χ1v) is 6.87. The van der Waals surface area contributed by atoms with E-state index < -0.39 is 0 Å². The molecule has 4 heteroatoms. The number of hydrogen-bond donors (Lipinski definition) is 1. The van der Waals surface area contributed by atoms with Crippen molar-refractivity contribution >= 4 is 28.3 Å². The van der Waals surface area contributed by atoms with Gasteiger partial charge in [-0.2, -0.15) is 5.26 Å². The van der Waals surface area contributed by atoms with E-state index in [1.165, 1.54) is 3.57 Å². The van der Waals surface area contributed by atoms with Crippen LogP contribution in [0.25, 0.3) is 0 Å². The fourth-order valence-corrected chi connectivity index (χ4v) is 2.08. The van der Waals surface area contributed by atoms with Gasteiger partial charge in [-0.05, 0) is 64.6 Å². The molecule has 19 heavy (non-hydrogen) atoms. The lowest BCUT2D eigenvalue weighted by Crippen LogP contribution is -2.00. The Kier molecular flexibility index (Phi) is 4.63. The largest absolute Gasteiger partial charge is 0.495 e. The first kappa shape index (κ1) is 13.7. The minimum atomic E-state index is 0.560. The number of ether oxygens (including phenoxy) is 1. The van der Waals surface area contributed by atoms with Crippen LogP contribution in [0.5, 0.6) is 5.75 Å². The lowest BCUT2D eigenvalue weighted by atomic mass is 10.1. The molecule has 0 saturated carbocycles. The van der Waals surface area contributed by atoms with Crippen LogP contribution >= 0.6 is 22.6 Å². The van der Waals surface area contributed by atoms with Crippen LogP contribution < -0.4 is 10.1 Å². The van der Waals surface area contributed by atoms with Gasteiger partial charge in [-0.3, -0.25) is 0 Å². The Bertz CT molecular complexity index is 603. The summed E-state index contributed by atoms with van der Waals surface area (Å²) in [6.45, 7) is 0.680. The molecule has 2 aromatic carbocycles. The van der Waals surface area contributed by atoms with Crippen LogP contribution in [-0.4, -0.2) is 7.11 Å². The topological polar surface area (TPSA) is 45.0 Å². The van der Waals surface area contributed by atoms with Gasteiger partial charge in [0.15, 0.2) is 0 Å². The molecule has 0 aliphatic carbocycles. The van der Waals surface area contributed by atoms with Crippen molar-refractivity contribution in [1.82, 2.24) is 0 Å². The zero-order valence-corrected chi connectivity index (χ0v) is 12.6. The van der Waals surface area contributed by atoms with Crippen LogP contribution in [0.2, 0.25) is 0 Å². The molecule has 0 aliphatic heterocycles. The molecule has 0 fully saturated rings. The van der Waals surface area contributed by atoms with E-state index in [9.17, 15) is 0 Å². The summed E-state index contributed by atoms with van der Waals surface area (Å²) in [7, 11) is 1.57. The van der Waals surface area contributed by atoms with E-state index in [0.29, 0.717) is 17.9 Å². The van der Waals surface area contributed by atoms with Crippen LogP contribution in [-0.2, 0) is 6.54 Å². The van der Waals surface area contributed by atoms with E-state index in [2.05, 4.69) is 46.1 Å². The standard InChI is InChI=1S/C15H13IN2O/c1-19-15-7-2-11(8-12(15)9-17)10-18-14-5-3-13(16)4-6-14/h2-8,18H,10H2,1H3. The SMILES string of the molecule is COc1ccc(CNc2ccc(I)cc2)cc1C#N. The highest BCUT2D eigenvalue weighted by Gasteiger charge is 2.03. The van der Waals surface area contributed by atoms with Gasteiger partial charge in [0.1, 0.15) is 11.8 Å². The Hall–Kier alpha value is -1.74. The van der Waals surface area contributed by atoms with Crippen molar-refractivity contribution in [2.24, 2.45) is 0 Å². The summed E-state index contributed by atoms with van der Waals surface area (Å²) in [5.41, 5.74) is 2.68. The van der Waals surface area contributed by atoms with Crippen molar-refractivity contribution in [3.63, 3.8) is 0 Å². The Morgan fingerprint density at radius 3 is 2.58 bits per heavy atom. The average molecular weight is 364 g/mol. The maximum absolute atomic E-state index is 9.04. The molecule has 3 nitrogen and oxygen atoms in total. The van der Waals surface area contributed by atoms with E-state index in [1.807, 2.05) is 30.3 Å². The van der Waals surface area contributed by atoms with Crippen molar-refractivity contribution in [2.75, 3.05) is 12.4 Å². The number of methoxy groups -OCH3 is 1. The zero-order chi connectivity index (χ0) is 13.7. The average Bonchev–Trinajstić information content (AvgIpc) is 2.46. The molecule has 0 aliphatic rings. The third-order valence-corrected chi connectivity index (χ3v) is 3.44. The highest BCUT2D eigenvalue weighted by Crippen LogP contribution is 2.19. The van der Waals surface area contributed by atoms with Gasteiger partial charge in [0, 0.05) is 15.8 Å². The van der Waals surface area contributed by atoms with Crippen LogP contribution in [0.1, 0.15) is 11.1 Å². The first-order chi connectivity index (χ1) is 9.22. The lowest BCUT2D eigenvalue weighted by molar-refractivity contribution is 0.413. The molecular formula is C15H13IN2O.